The van der Waals surface area contributed by atoms with Gasteiger partial charge in [-0.3, -0.25) is 0 Å². The van der Waals surface area contributed by atoms with Crippen LogP contribution in [0.15, 0.2) is 24.3 Å². The Hall–Kier alpha value is -2.04. The van der Waals surface area contributed by atoms with Crippen molar-refractivity contribution in [3.8, 4) is 5.75 Å². The molecule has 1 rings (SSSR count). The second-order valence-electron chi connectivity index (χ2n) is 3.88. The number of rotatable bonds is 7. The summed E-state index contributed by atoms with van der Waals surface area (Å²) in [6.45, 7) is 2.30. The van der Waals surface area contributed by atoms with Gasteiger partial charge in [0.2, 0.25) is 0 Å². The number of methoxy groups -OCH3 is 1. The zero-order chi connectivity index (χ0) is 14.1. The van der Waals surface area contributed by atoms with Crippen LogP contribution in [0, 0.1) is 0 Å². The molecule has 1 aromatic rings. The smallest absolute Gasteiger partial charge is 0.344 e. The molecule has 0 aliphatic rings. The van der Waals surface area contributed by atoms with Crippen molar-refractivity contribution in [2.75, 3.05) is 20.3 Å². The average Bonchev–Trinajstić information content (AvgIpc) is 2.45. The number of esters is 2. The average molecular weight is 266 g/mol. The Labute approximate surface area is 112 Å². The Balaban J connectivity index is 2.37. The molecule has 0 aliphatic heterocycles. The molecule has 104 valence electrons. The molecular weight excluding hydrogens is 248 g/mol. The van der Waals surface area contributed by atoms with Crippen LogP contribution in [0.2, 0.25) is 0 Å². The van der Waals surface area contributed by atoms with Crippen LogP contribution in [0.5, 0.6) is 5.75 Å². The monoisotopic (exact) mass is 266 g/mol. The maximum Gasteiger partial charge on any atom is 0.344 e. The lowest BCUT2D eigenvalue weighted by molar-refractivity contribution is -0.146. The van der Waals surface area contributed by atoms with Gasteiger partial charge in [0.15, 0.2) is 6.61 Å². The highest BCUT2D eigenvalue weighted by atomic mass is 16.6. The first-order valence-corrected chi connectivity index (χ1v) is 6.14. The van der Waals surface area contributed by atoms with Crippen molar-refractivity contribution in [3.63, 3.8) is 0 Å². The molecule has 5 nitrogen and oxygen atoms in total. The van der Waals surface area contributed by atoms with Crippen molar-refractivity contribution in [2.45, 2.75) is 19.8 Å². The van der Waals surface area contributed by atoms with E-state index in [9.17, 15) is 9.59 Å². The van der Waals surface area contributed by atoms with Crippen molar-refractivity contribution >= 4 is 11.9 Å². The minimum atomic E-state index is -0.412. The topological polar surface area (TPSA) is 61.8 Å². The van der Waals surface area contributed by atoms with Gasteiger partial charge in [-0.15, -0.1) is 0 Å². The standard InChI is InChI=1S/C14H18O5/c1-3-4-9-18-13(15)10-19-12-7-5-11(6-8-12)14(16)17-2/h5-8H,3-4,9-10H2,1-2H3. The molecular formula is C14H18O5. The first kappa shape index (κ1) is 15.0. The van der Waals surface area contributed by atoms with Gasteiger partial charge in [0, 0.05) is 0 Å². The van der Waals surface area contributed by atoms with Gasteiger partial charge >= 0.3 is 11.9 Å². The summed E-state index contributed by atoms with van der Waals surface area (Å²) >= 11 is 0. The minimum absolute atomic E-state index is 0.138. The van der Waals surface area contributed by atoms with E-state index in [1.807, 2.05) is 6.92 Å². The summed E-state index contributed by atoms with van der Waals surface area (Å²) in [7, 11) is 1.32. The molecule has 0 spiro atoms. The molecule has 0 N–H and O–H groups in total. The lowest BCUT2D eigenvalue weighted by atomic mass is 10.2. The summed E-state index contributed by atoms with van der Waals surface area (Å²) in [6, 6.07) is 6.35. The van der Waals surface area contributed by atoms with E-state index in [0.29, 0.717) is 17.9 Å². The van der Waals surface area contributed by atoms with Crippen LogP contribution < -0.4 is 4.74 Å². The fourth-order valence-electron chi connectivity index (χ4n) is 1.32. The summed E-state index contributed by atoms with van der Waals surface area (Å²) in [5, 5.41) is 0. The molecule has 0 aromatic heterocycles. The Morgan fingerprint density at radius 2 is 1.84 bits per heavy atom. The second kappa shape index (κ2) is 8.13. The van der Waals surface area contributed by atoms with E-state index in [2.05, 4.69) is 4.74 Å². The van der Waals surface area contributed by atoms with Crippen LogP contribution in [0.1, 0.15) is 30.1 Å². The predicted octanol–water partition coefficient (Wildman–Crippen LogP) is 2.20. The Morgan fingerprint density at radius 1 is 1.16 bits per heavy atom. The number of hydrogen-bond acceptors (Lipinski definition) is 5. The number of benzene rings is 1. The SMILES string of the molecule is CCCCOC(=O)COc1ccc(C(=O)OC)cc1. The van der Waals surface area contributed by atoms with E-state index in [-0.39, 0.29) is 6.61 Å². The van der Waals surface area contributed by atoms with Crippen LogP contribution in [-0.4, -0.2) is 32.3 Å². The molecule has 0 saturated heterocycles. The Bertz CT molecular complexity index is 410. The summed E-state index contributed by atoms with van der Waals surface area (Å²) < 4.78 is 14.8. The quantitative estimate of drug-likeness (QED) is 0.559. The first-order valence-electron chi connectivity index (χ1n) is 6.14. The van der Waals surface area contributed by atoms with E-state index < -0.39 is 11.9 Å². The second-order valence-corrected chi connectivity index (χ2v) is 3.88. The Morgan fingerprint density at radius 3 is 2.42 bits per heavy atom. The lowest BCUT2D eigenvalue weighted by Crippen LogP contribution is -2.15. The number of hydrogen-bond donors (Lipinski definition) is 0. The fourth-order valence-corrected chi connectivity index (χ4v) is 1.32. The molecule has 1 aromatic carbocycles. The molecule has 0 amide bonds. The molecule has 0 saturated carbocycles. The van der Waals surface area contributed by atoms with Crippen LogP contribution >= 0.6 is 0 Å². The van der Waals surface area contributed by atoms with E-state index >= 15 is 0 Å². The van der Waals surface area contributed by atoms with Gasteiger partial charge in [0.25, 0.3) is 0 Å². The molecule has 0 aliphatic carbocycles. The maximum atomic E-state index is 11.3. The molecule has 19 heavy (non-hydrogen) atoms. The van der Waals surface area contributed by atoms with E-state index in [1.54, 1.807) is 24.3 Å². The molecule has 5 heteroatoms. The van der Waals surface area contributed by atoms with Gasteiger partial charge in [-0.2, -0.15) is 0 Å². The highest BCUT2D eigenvalue weighted by Gasteiger charge is 2.06. The third-order valence-electron chi connectivity index (χ3n) is 2.39. The molecule has 0 unspecified atom stereocenters. The Kier molecular flexibility index (Phi) is 6.43. The van der Waals surface area contributed by atoms with Gasteiger partial charge in [0.05, 0.1) is 19.3 Å². The predicted molar refractivity (Wildman–Crippen MR) is 69.1 cm³/mol. The summed E-state index contributed by atoms with van der Waals surface area (Å²) in [4.78, 5) is 22.5. The maximum absolute atomic E-state index is 11.3. The number of ether oxygens (including phenoxy) is 3. The van der Waals surface area contributed by atoms with Gasteiger partial charge < -0.3 is 14.2 Å². The third kappa shape index (κ3) is 5.42. The molecule has 0 heterocycles. The van der Waals surface area contributed by atoms with Crippen molar-refractivity contribution < 1.29 is 23.8 Å². The van der Waals surface area contributed by atoms with Gasteiger partial charge in [-0.05, 0) is 30.7 Å². The first-order chi connectivity index (χ1) is 9.17. The van der Waals surface area contributed by atoms with E-state index in [1.165, 1.54) is 7.11 Å². The highest BCUT2D eigenvalue weighted by Crippen LogP contribution is 2.12. The van der Waals surface area contributed by atoms with Crippen LogP contribution in [0.3, 0.4) is 0 Å². The minimum Gasteiger partial charge on any atom is -0.482 e. The lowest BCUT2D eigenvalue weighted by Gasteiger charge is -2.07. The number of carbonyl (C=O) groups is 2. The van der Waals surface area contributed by atoms with Crippen LogP contribution in [0.25, 0.3) is 0 Å². The van der Waals surface area contributed by atoms with Crippen molar-refractivity contribution in [1.82, 2.24) is 0 Å². The fraction of sp³-hybridized carbons (Fsp3) is 0.429. The van der Waals surface area contributed by atoms with Gasteiger partial charge in [-0.25, -0.2) is 9.59 Å². The summed E-state index contributed by atoms with van der Waals surface area (Å²) in [5.74, 6) is -0.309. The molecule has 0 bridgehead atoms. The molecule has 0 radical (unpaired) electrons. The number of unbranched alkanes of at least 4 members (excludes halogenated alkanes) is 1. The zero-order valence-corrected chi connectivity index (χ0v) is 11.2. The van der Waals surface area contributed by atoms with Crippen LogP contribution in [-0.2, 0) is 14.3 Å². The largest absolute Gasteiger partial charge is 0.482 e. The zero-order valence-electron chi connectivity index (χ0n) is 11.2. The third-order valence-corrected chi connectivity index (χ3v) is 2.39. The summed E-state index contributed by atoms with van der Waals surface area (Å²) in [5.41, 5.74) is 0.431. The summed E-state index contributed by atoms with van der Waals surface area (Å²) in [6.07, 6.45) is 1.82. The van der Waals surface area contributed by atoms with Crippen molar-refractivity contribution in [2.24, 2.45) is 0 Å². The van der Waals surface area contributed by atoms with Gasteiger partial charge in [0.1, 0.15) is 5.75 Å². The van der Waals surface area contributed by atoms with Crippen molar-refractivity contribution in [3.05, 3.63) is 29.8 Å². The molecule has 0 atom stereocenters. The van der Waals surface area contributed by atoms with E-state index in [4.69, 9.17) is 9.47 Å². The molecule has 0 fully saturated rings. The van der Waals surface area contributed by atoms with Crippen LogP contribution in [0.4, 0.5) is 0 Å². The van der Waals surface area contributed by atoms with E-state index in [0.717, 1.165) is 12.8 Å². The van der Waals surface area contributed by atoms with Crippen molar-refractivity contribution in [1.29, 1.82) is 0 Å². The normalized spacial score (nSPS) is 9.79. The van der Waals surface area contributed by atoms with Gasteiger partial charge in [-0.1, -0.05) is 13.3 Å². The number of carbonyl (C=O) groups excluding carboxylic acids is 2. The highest BCUT2D eigenvalue weighted by molar-refractivity contribution is 5.89.